The molecule has 0 saturated heterocycles. The molecule has 0 aliphatic heterocycles. The first-order chi connectivity index (χ1) is 9.61. The number of phenolic OH excluding ortho intramolecular Hbond substituents is 2. The zero-order valence-corrected chi connectivity index (χ0v) is 10.7. The number of benzene rings is 2. The van der Waals surface area contributed by atoms with E-state index in [2.05, 4.69) is 5.32 Å². The molecular weight excluding hydrogens is 258 g/mol. The summed E-state index contributed by atoms with van der Waals surface area (Å²) in [6.45, 7) is 0.267. The Balaban J connectivity index is 2.02. The van der Waals surface area contributed by atoms with Crippen molar-refractivity contribution in [3.8, 4) is 11.5 Å². The summed E-state index contributed by atoms with van der Waals surface area (Å²) in [5.74, 6) is -1.23. The third-order valence-electron chi connectivity index (χ3n) is 2.92. The van der Waals surface area contributed by atoms with E-state index in [1.165, 1.54) is 18.2 Å². The highest BCUT2D eigenvalue weighted by molar-refractivity contribution is 5.97. The molecule has 0 aromatic heterocycles. The molecule has 0 heterocycles. The minimum absolute atomic E-state index is 0.0240. The third-order valence-corrected chi connectivity index (χ3v) is 2.92. The highest BCUT2D eigenvalue weighted by atomic mass is 16.3. The molecule has 0 spiro atoms. The predicted octanol–water partition coefficient (Wildman–Crippen LogP) is 1.52. The van der Waals surface area contributed by atoms with E-state index >= 15 is 0 Å². The van der Waals surface area contributed by atoms with Crippen LogP contribution < -0.4 is 5.32 Å². The number of phenols is 2. The number of aliphatic hydroxyl groups is 1. The number of hydrogen-bond acceptors (Lipinski definition) is 4. The smallest absolute Gasteiger partial charge is 0.255 e. The Morgan fingerprint density at radius 2 is 1.65 bits per heavy atom. The molecule has 2 aromatic carbocycles. The standard InChI is InChI=1S/C15H15NO4/c17-9-11-6-4-10(5-7-11)8-16-15(20)12-2-1-3-13(18)14(12)19/h1-7,17-19H,8-9H2,(H,16,20). The number of nitrogens with one attached hydrogen (secondary N) is 1. The molecule has 0 bridgehead atoms. The van der Waals surface area contributed by atoms with Crippen LogP contribution in [0, 0.1) is 0 Å². The van der Waals surface area contributed by atoms with Crippen LogP contribution in [0.2, 0.25) is 0 Å². The van der Waals surface area contributed by atoms with Crippen molar-refractivity contribution in [3.63, 3.8) is 0 Å². The van der Waals surface area contributed by atoms with Gasteiger partial charge in [0, 0.05) is 6.54 Å². The number of hydrogen-bond donors (Lipinski definition) is 4. The number of carbonyl (C=O) groups is 1. The van der Waals surface area contributed by atoms with Gasteiger partial charge >= 0.3 is 0 Å². The molecule has 0 saturated carbocycles. The Kier molecular flexibility index (Phi) is 4.22. The normalized spacial score (nSPS) is 10.2. The Labute approximate surface area is 116 Å². The first-order valence-electron chi connectivity index (χ1n) is 6.09. The molecule has 1 amide bonds. The minimum Gasteiger partial charge on any atom is -0.504 e. The number of amides is 1. The summed E-state index contributed by atoms with van der Waals surface area (Å²) in [6.07, 6.45) is 0. The molecule has 2 rings (SSSR count). The van der Waals surface area contributed by atoms with E-state index in [4.69, 9.17) is 5.11 Å². The van der Waals surface area contributed by atoms with E-state index in [1.807, 2.05) is 0 Å². The fourth-order valence-corrected chi connectivity index (χ4v) is 1.75. The lowest BCUT2D eigenvalue weighted by Crippen LogP contribution is -2.22. The van der Waals surface area contributed by atoms with Crippen LogP contribution in [0.4, 0.5) is 0 Å². The van der Waals surface area contributed by atoms with E-state index < -0.39 is 11.7 Å². The molecule has 0 unspecified atom stereocenters. The molecule has 0 fully saturated rings. The maximum Gasteiger partial charge on any atom is 0.255 e. The summed E-state index contributed by atoms with van der Waals surface area (Å²) in [5.41, 5.74) is 1.69. The van der Waals surface area contributed by atoms with Crippen molar-refractivity contribution >= 4 is 5.91 Å². The lowest BCUT2D eigenvalue weighted by atomic mass is 10.1. The van der Waals surface area contributed by atoms with Gasteiger partial charge in [-0.15, -0.1) is 0 Å². The third kappa shape index (κ3) is 3.07. The predicted molar refractivity (Wildman–Crippen MR) is 73.3 cm³/mol. The van der Waals surface area contributed by atoms with Crippen LogP contribution in [-0.2, 0) is 13.2 Å². The Morgan fingerprint density at radius 1 is 1.00 bits per heavy atom. The van der Waals surface area contributed by atoms with Gasteiger partial charge in [-0.25, -0.2) is 0 Å². The highest BCUT2D eigenvalue weighted by Crippen LogP contribution is 2.27. The van der Waals surface area contributed by atoms with E-state index in [0.717, 1.165) is 11.1 Å². The molecular formula is C15H15NO4. The van der Waals surface area contributed by atoms with E-state index in [-0.39, 0.29) is 17.9 Å². The van der Waals surface area contributed by atoms with E-state index in [0.29, 0.717) is 6.54 Å². The lowest BCUT2D eigenvalue weighted by Gasteiger charge is -2.08. The number of rotatable bonds is 4. The van der Waals surface area contributed by atoms with Crippen molar-refractivity contribution in [1.29, 1.82) is 0 Å². The van der Waals surface area contributed by atoms with Gasteiger partial charge in [-0.3, -0.25) is 4.79 Å². The Bertz CT molecular complexity index is 608. The summed E-state index contributed by atoms with van der Waals surface area (Å²) >= 11 is 0. The van der Waals surface area contributed by atoms with Crippen molar-refractivity contribution in [1.82, 2.24) is 5.32 Å². The zero-order valence-electron chi connectivity index (χ0n) is 10.7. The summed E-state index contributed by atoms with van der Waals surface area (Å²) in [6, 6.07) is 11.4. The van der Waals surface area contributed by atoms with Crippen molar-refractivity contribution in [3.05, 3.63) is 59.2 Å². The molecule has 0 aliphatic carbocycles. The van der Waals surface area contributed by atoms with Gasteiger partial charge in [0.1, 0.15) is 0 Å². The molecule has 5 heteroatoms. The summed E-state index contributed by atoms with van der Waals surface area (Å²) in [4.78, 5) is 11.9. The molecule has 0 atom stereocenters. The van der Waals surface area contributed by atoms with E-state index in [9.17, 15) is 15.0 Å². The van der Waals surface area contributed by atoms with Gasteiger partial charge < -0.3 is 20.6 Å². The fraction of sp³-hybridized carbons (Fsp3) is 0.133. The van der Waals surface area contributed by atoms with Gasteiger partial charge in [0.15, 0.2) is 11.5 Å². The van der Waals surface area contributed by atoms with Crippen molar-refractivity contribution in [2.75, 3.05) is 0 Å². The zero-order chi connectivity index (χ0) is 14.5. The molecule has 4 N–H and O–H groups in total. The summed E-state index contributed by atoms with van der Waals surface area (Å²) in [5, 5.41) is 30.5. The Morgan fingerprint density at radius 3 is 2.30 bits per heavy atom. The molecule has 20 heavy (non-hydrogen) atoms. The largest absolute Gasteiger partial charge is 0.504 e. The maximum atomic E-state index is 11.9. The SMILES string of the molecule is O=C(NCc1ccc(CO)cc1)c1cccc(O)c1O. The maximum absolute atomic E-state index is 11.9. The average molecular weight is 273 g/mol. The van der Waals surface area contributed by atoms with Crippen LogP contribution in [-0.4, -0.2) is 21.2 Å². The van der Waals surface area contributed by atoms with Crippen molar-refractivity contribution < 1.29 is 20.1 Å². The monoisotopic (exact) mass is 273 g/mol. The molecule has 5 nitrogen and oxygen atoms in total. The first-order valence-corrected chi connectivity index (χ1v) is 6.09. The second kappa shape index (κ2) is 6.08. The van der Waals surface area contributed by atoms with Crippen LogP contribution in [0.3, 0.4) is 0 Å². The number of para-hydroxylation sites is 1. The van der Waals surface area contributed by atoms with E-state index in [1.54, 1.807) is 24.3 Å². The second-order valence-electron chi connectivity index (χ2n) is 4.33. The molecule has 0 aliphatic rings. The molecule has 0 radical (unpaired) electrons. The fourth-order valence-electron chi connectivity index (χ4n) is 1.75. The quantitative estimate of drug-likeness (QED) is 0.636. The van der Waals surface area contributed by atoms with Crippen LogP contribution >= 0.6 is 0 Å². The van der Waals surface area contributed by atoms with Gasteiger partial charge in [0.2, 0.25) is 0 Å². The van der Waals surface area contributed by atoms with Crippen molar-refractivity contribution in [2.24, 2.45) is 0 Å². The second-order valence-corrected chi connectivity index (χ2v) is 4.33. The van der Waals surface area contributed by atoms with Crippen LogP contribution in [0.25, 0.3) is 0 Å². The van der Waals surface area contributed by atoms with Crippen LogP contribution in [0.1, 0.15) is 21.5 Å². The van der Waals surface area contributed by atoms with Gasteiger partial charge in [-0.2, -0.15) is 0 Å². The molecule has 2 aromatic rings. The summed E-state index contributed by atoms with van der Waals surface area (Å²) < 4.78 is 0. The van der Waals surface area contributed by atoms with Gasteiger partial charge in [0.05, 0.1) is 12.2 Å². The summed E-state index contributed by atoms with van der Waals surface area (Å²) in [7, 11) is 0. The number of carbonyl (C=O) groups excluding carboxylic acids is 1. The van der Waals surface area contributed by atoms with Crippen LogP contribution in [0.15, 0.2) is 42.5 Å². The minimum atomic E-state index is -0.468. The average Bonchev–Trinajstić information content (AvgIpc) is 2.48. The first kappa shape index (κ1) is 13.9. The van der Waals surface area contributed by atoms with Gasteiger partial charge in [-0.1, -0.05) is 30.3 Å². The topological polar surface area (TPSA) is 89.8 Å². The lowest BCUT2D eigenvalue weighted by molar-refractivity contribution is 0.0947. The highest BCUT2D eigenvalue weighted by Gasteiger charge is 2.13. The molecule has 104 valence electrons. The van der Waals surface area contributed by atoms with Crippen molar-refractivity contribution in [2.45, 2.75) is 13.2 Å². The number of aromatic hydroxyl groups is 2. The Hall–Kier alpha value is -2.53. The van der Waals surface area contributed by atoms with Gasteiger partial charge in [0.25, 0.3) is 5.91 Å². The van der Waals surface area contributed by atoms with Gasteiger partial charge in [-0.05, 0) is 23.3 Å². The number of aliphatic hydroxyl groups excluding tert-OH is 1. The van der Waals surface area contributed by atoms with Crippen LogP contribution in [0.5, 0.6) is 11.5 Å².